The van der Waals surface area contributed by atoms with E-state index in [1.807, 2.05) is 20.8 Å². The van der Waals surface area contributed by atoms with Gasteiger partial charge in [-0.15, -0.1) is 0 Å². The number of hydrogen-bond donors (Lipinski definition) is 2. The van der Waals surface area contributed by atoms with Crippen LogP contribution in [-0.4, -0.2) is 26.6 Å². The van der Waals surface area contributed by atoms with E-state index in [0.717, 1.165) is 28.6 Å². The van der Waals surface area contributed by atoms with Crippen LogP contribution < -0.4 is 10.6 Å². The molecule has 8 heteroatoms. The number of rotatable bonds is 4. The summed E-state index contributed by atoms with van der Waals surface area (Å²) in [5.74, 6) is 0.788. The molecule has 102 valence electrons. The van der Waals surface area contributed by atoms with Crippen molar-refractivity contribution in [3.8, 4) is 0 Å². The molecule has 2 aromatic heterocycles. The van der Waals surface area contributed by atoms with Crippen molar-refractivity contribution in [2.24, 2.45) is 0 Å². The SMILES string of the molecule is Cc1noc(C)c1C[C@@H](C)NC(=O)Nc1ncns1. The number of carbonyl (C=O) groups excluding carboxylic acids is 1. The van der Waals surface area contributed by atoms with Crippen LogP contribution in [0.4, 0.5) is 9.93 Å². The lowest BCUT2D eigenvalue weighted by molar-refractivity contribution is 0.249. The Kier molecular flexibility index (Phi) is 4.10. The summed E-state index contributed by atoms with van der Waals surface area (Å²) in [6, 6.07) is -0.333. The molecule has 2 aromatic rings. The Morgan fingerprint density at radius 3 is 2.89 bits per heavy atom. The van der Waals surface area contributed by atoms with Crippen molar-refractivity contribution in [3.63, 3.8) is 0 Å². The summed E-state index contributed by atoms with van der Waals surface area (Å²) in [6.45, 7) is 5.68. The zero-order valence-corrected chi connectivity index (χ0v) is 11.7. The van der Waals surface area contributed by atoms with Crippen molar-refractivity contribution in [2.45, 2.75) is 33.2 Å². The first-order valence-electron chi connectivity index (χ1n) is 5.82. The molecule has 0 fully saturated rings. The van der Waals surface area contributed by atoms with Crippen LogP contribution in [0.2, 0.25) is 0 Å². The highest BCUT2D eigenvalue weighted by Crippen LogP contribution is 2.14. The van der Waals surface area contributed by atoms with Gasteiger partial charge in [0.25, 0.3) is 0 Å². The monoisotopic (exact) mass is 281 g/mol. The maximum Gasteiger partial charge on any atom is 0.321 e. The topological polar surface area (TPSA) is 92.9 Å². The Balaban J connectivity index is 1.87. The lowest BCUT2D eigenvalue weighted by Gasteiger charge is -2.13. The Hall–Kier alpha value is -1.96. The predicted octanol–water partition coefficient (Wildman–Crippen LogP) is 1.90. The van der Waals surface area contributed by atoms with Crippen LogP contribution in [0.3, 0.4) is 0 Å². The van der Waals surface area contributed by atoms with Crippen LogP contribution in [0, 0.1) is 13.8 Å². The van der Waals surface area contributed by atoms with E-state index >= 15 is 0 Å². The van der Waals surface area contributed by atoms with Gasteiger partial charge in [0, 0.05) is 23.1 Å². The molecule has 0 saturated heterocycles. The number of aromatic nitrogens is 3. The smallest absolute Gasteiger partial charge is 0.321 e. The van der Waals surface area contributed by atoms with Gasteiger partial charge in [-0.3, -0.25) is 5.32 Å². The maximum absolute atomic E-state index is 11.7. The van der Waals surface area contributed by atoms with Gasteiger partial charge in [0.2, 0.25) is 5.13 Å². The van der Waals surface area contributed by atoms with E-state index < -0.39 is 0 Å². The Labute approximate surface area is 114 Å². The van der Waals surface area contributed by atoms with Crippen molar-refractivity contribution in [1.29, 1.82) is 0 Å². The molecule has 2 heterocycles. The molecule has 0 radical (unpaired) electrons. The van der Waals surface area contributed by atoms with Crippen LogP contribution in [0.25, 0.3) is 0 Å². The first kappa shape index (κ1) is 13.5. The van der Waals surface area contributed by atoms with Gasteiger partial charge in [-0.2, -0.15) is 4.37 Å². The minimum Gasteiger partial charge on any atom is -0.361 e. The number of nitrogens with one attached hydrogen (secondary N) is 2. The van der Waals surface area contributed by atoms with E-state index in [-0.39, 0.29) is 12.1 Å². The van der Waals surface area contributed by atoms with E-state index in [4.69, 9.17) is 4.52 Å². The van der Waals surface area contributed by atoms with Gasteiger partial charge in [0.05, 0.1) is 5.69 Å². The van der Waals surface area contributed by atoms with Crippen molar-refractivity contribution in [3.05, 3.63) is 23.3 Å². The van der Waals surface area contributed by atoms with Crippen molar-refractivity contribution < 1.29 is 9.32 Å². The molecular formula is C11H15N5O2S. The molecule has 0 unspecified atom stereocenters. The molecule has 0 aliphatic heterocycles. The van der Waals surface area contributed by atoms with Crippen LogP contribution in [0.5, 0.6) is 0 Å². The summed E-state index contributed by atoms with van der Waals surface area (Å²) < 4.78 is 8.90. The first-order chi connectivity index (χ1) is 9.06. The molecule has 0 saturated carbocycles. The second kappa shape index (κ2) is 5.79. The van der Waals surface area contributed by atoms with E-state index in [2.05, 4.69) is 25.1 Å². The second-order valence-electron chi connectivity index (χ2n) is 4.25. The lowest BCUT2D eigenvalue weighted by atomic mass is 10.1. The van der Waals surface area contributed by atoms with Gasteiger partial charge in [0.15, 0.2) is 0 Å². The van der Waals surface area contributed by atoms with E-state index in [1.165, 1.54) is 6.33 Å². The maximum atomic E-state index is 11.7. The average molecular weight is 281 g/mol. The number of carbonyl (C=O) groups is 1. The third kappa shape index (κ3) is 3.50. The number of hydrogen-bond acceptors (Lipinski definition) is 6. The van der Waals surface area contributed by atoms with Gasteiger partial charge in [-0.1, -0.05) is 5.16 Å². The molecule has 2 N–H and O–H groups in total. The second-order valence-corrected chi connectivity index (χ2v) is 5.03. The Morgan fingerprint density at radius 2 is 2.32 bits per heavy atom. The highest BCUT2D eigenvalue weighted by atomic mass is 32.1. The molecular weight excluding hydrogens is 266 g/mol. The highest BCUT2D eigenvalue weighted by molar-refractivity contribution is 7.09. The van der Waals surface area contributed by atoms with E-state index in [1.54, 1.807) is 0 Å². The molecule has 0 aliphatic rings. The summed E-state index contributed by atoms with van der Waals surface area (Å²) in [5.41, 5.74) is 1.89. The molecule has 0 aromatic carbocycles. The van der Waals surface area contributed by atoms with Crippen LogP contribution in [0.15, 0.2) is 10.9 Å². The van der Waals surface area contributed by atoms with Crippen molar-refractivity contribution in [1.82, 2.24) is 19.8 Å². The van der Waals surface area contributed by atoms with E-state index in [0.29, 0.717) is 11.6 Å². The molecule has 0 aliphatic carbocycles. The normalized spacial score (nSPS) is 12.2. The van der Waals surface area contributed by atoms with Gasteiger partial charge < -0.3 is 9.84 Å². The Morgan fingerprint density at radius 1 is 1.53 bits per heavy atom. The fourth-order valence-corrected chi connectivity index (χ4v) is 2.16. The number of nitrogens with zero attached hydrogens (tertiary/aromatic N) is 3. The molecule has 19 heavy (non-hydrogen) atoms. The molecule has 7 nitrogen and oxygen atoms in total. The minimum atomic E-state index is -0.295. The summed E-state index contributed by atoms with van der Waals surface area (Å²) in [6.07, 6.45) is 2.07. The molecule has 2 rings (SSSR count). The summed E-state index contributed by atoms with van der Waals surface area (Å²) in [5, 5.41) is 9.81. The average Bonchev–Trinajstić information content (AvgIpc) is 2.94. The number of anilines is 1. The molecule has 1 atom stereocenters. The molecule has 0 bridgehead atoms. The quantitative estimate of drug-likeness (QED) is 0.892. The number of amides is 2. The van der Waals surface area contributed by atoms with Crippen LogP contribution in [-0.2, 0) is 6.42 Å². The van der Waals surface area contributed by atoms with Gasteiger partial charge in [-0.05, 0) is 27.2 Å². The molecule has 2 amide bonds. The fourth-order valence-electron chi connectivity index (χ4n) is 1.74. The number of urea groups is 1. The zero-order valence-electron chi connectivity index (χ0n) is 10.9. The van der Waals surface area contributed by atoms with Gasteiger partial charge >= 0.3 is 6.03 Å². The standard InChI is InChI=1S/C11H15N5O2S/c1-6(4-9-7(2)16-18-8(9)3)14-10(17)15-11-12-5-13-19-11/h5-6H,4H2,1-3H3,(H2,12,13,14,15,17)/t6-/m1/s1. The highest BCUT2D eigenvalue weighted by Gasteiger charge is 2.15. The van der Waals surface area contributed by atoms with Crippen LogP contribution >= 0.6 is 11.5 Å². The van der Waals surface area contributed by atoms with E-state index in [9.17, 15) is 4.79 Å². The third-order valence-electron chi connectivity index (χ3n) is 2.65. The fraction of sp³-hybridized carbons (Fsp3) is 0.455. The number of aryl methyl sites for hydroxylation is 2. The summed E-state index contributed by atoms with van der Waals surface area (Å²) in [4.78, 5) is 15.6. The zero-order chi connectivity index (χ0) is 13.8. The third-order valence-corrected chi connectivity index (χ3v) is 3.23. The summed E-state index contributed by atoms with van der Waals surface area (Å²) in [7, 11) is 0. The minimum absolute atomic E-state index is 0.0373. The van der Waals surface area contributed by atoms with Crippen molar-refractivity contribution >= 4 is 22.7 Å². The Bertz CT molecular complexity index is 532. The lowest BCUT2D eigenvalue weighted by Crippen LogP contribution is -2.37. The molecule has 0 spiro atoms. The van der Waals surface area contributed by atoms with Crippen LogP contribution in [0.1, 0.15) is 23.9 Å². The predicted molar refractivity (Wildman–Crippen MR) is 71.2 cm³/mol. The van der Waals surface area contributed by atoms with Gasteiger partial charge in [-0.25, -0.2) is 9.78 Å². The first-order valence-corrected chi connectivity index (χ1v) is 6.59. The van der Waals surface area contributed by atoms with Crippen molar-refractivity contribution in [2.75, 3.05) is 5.32 Å². The largest absolute Gasteiger partial charge is 0.361 e. The summed E-state index contributed by atoms with van der Waals surface area (Å²) >= 11 is 1.13. The van der Waals surface area contributed by atoms with Gasteiger partial charge in [0.1, 0.15) is 12.1 Å².